The monoisotopic (exact) mass is 449 g/mol. The Balaban J connectivity index is 1.27. The topological polar surface area (TPSA) is 81.4 Å². The van der Waals surface area contributed by atoms with Crippen LogP contribution < -0.4 is 10.1 Å². The molecule has 0 atom stereocenters. The van der Waals surface area contributed by atoms with Gasteiger partial charge in [-0.25, -0.2) is 4.98 Å². The molecule has 1 N–H and O–H groups in total. The highest BCUT2D eigenvalue weighted by molar-refractivity contribution is 7.99. The average Bonchev–Trinajstić information content (AvgIpc) is 3.36. The summed E-state index contributed by atoms with van der Waals surface area (Å²) < 4.78 is 8.26. The van der Waals surface area contributed by atoms with Gasteiger partial charge < -0.3 is 10.1 Å². The molecule has 0 spiro atoms. The minimum absolute atomic E-state index is 0.0759. The average molecular weight is 450 g/mol. The lowest BCUT2D eigenvalue weighted by molar-refractivity contribution is -0.115. The fraction of sp³-hybridized carbons (Fsp3) is 0.182. The summed E-state index contributed by atoms with van der Waals surface area (Å²) in [6.07, 6.45) is 0.350. The maximum absolute atomic E-state index is 12.4. The number of carbonyl (C=O) groups excluding carboxylic acids is 1. The summed E-state index contributed by atoms with van der Waals surface area (Å²) in [6, 6.07) is 15.9. The Bertz CT molecular complexity index is 1430. The fourth-order valence-electron chi connectivity index (χ4n) is 3.47. The van der Waals surface area contributed by atoms with Crippen LogP contribution >= 0.6 is 23.1 Å². The van der Waals surface area contributed by atoms with Gasteiger partial charge in [0.15, 0.2) is 15.9 Å². The highest BCUT2D eigenvalue weighted by Crippen LogP contribution is 2.30. The van der Waals surface area contributed by atoms with Crippen LogP contribution in [-0.2, 0) is 4.79 Å². The highest BCUT2D eigenvalue weighted by Gasteiger charge is 2.13. The lowest BCUT2D eigenvalue weighted by Gasteiger charge is -2.07. The summed E-state index contributed by atoms with van der Waals surface area (Å²) in [5.74, 6) is 1.29. The molecule has 5 rings (SSSR count). The van der Waals surface area contributed by atoms with Crippen LogP contribution in [0.4, 0.5) is 5.13 Å². The molecule has 0 bridgehead atoms. The zero-order valence-corrected chi connectivity index (χ0v) is 18.6. The number of aryl methyl sites for hydroxylation is 1. The molecule has 9 heteroatoms. The standard InChI is InChI=1S/C22H19N5O2S2/c1-13-11-19-25-26-22(27(19)17-6-4-3-5-15(13)17)30-10-9-20(28)24-21-23-16-8-7-14(29-2)12-18(16)31-21/h3-8,11-12H,9-10H2,1-2H3,(H,23,24,28). The van der Waals surface area contributed by atoms with Crippen LogP contribution in [0.5, 0.6) is 5.75 Å². The largest absolute Gasteiger partial charge is 0.497 e. The zero-order chi connectivity index (χ0) is 21.4. The van der Waals surface area contributed by atoms with Crippen LogP contribution in [0.2, 0.25) is 0 Å². The number of thiazole rings is 1. The van der Waals surface area contributed by atoms with Gasteiger partial charge in [0, 0.05) is 17.6 Å². The van der Waals surface area contributed by atoms with E-state index in [1.807, 2.05) is 40.8 Å². The van der Waals surface area contributed by atoms with Gasteiger partial charge >= 0.3 is 0 Å². The van der Waals surface area contributed by atoms with Gasteiger partial charge in [-0.05, 0) is 42.8 Å². The second-order valence-electron chi connectivity index (χ2n) is 7.02. The molecule has 7 nitrogen and oxygen atoms in total. The number of methoxy groups -OCH3 is 1. The van der Waals surface area contributed by atoms with E-state index in [2.05, 4.69) is 39.6 Å². The summed E-state index contributed by atoms with van der Waals surface area (Å²) in [4.78, 5) is 16.9. The van der Waals surface area contributed by atoms with E-state index in [1.165, 1.54) is 34.0 Å². The number of nitrogens with one attached hydrogen (secondary N) is 1. The third-order valence-electron chi connectivity index (χ3n) is 4.98. The van der Waals surface area contributed by atoms with Crippen molar-refractivity contribution in [1.29, 1.82) is 0 Å². The molecule has 1 amide bonds. The van der Waals surface area contributed by atoms with Gasteiger partial charge in [0.25, 0.3) is 0 Å². The quantitative estimate of drug-likeness (QED) is 0.370. The number of hydrogen-bond donors (Lipinski definition) is 1. The molecule has 0 unspecified atom stereocenters. The summed E-state index contributed by atoms with van der Waals surface area (Å²) >= 11 is 2.96. The van der Waals surface area contributed by atoms with Gasteiger partial charge in [0.1, 0.15) is 5.75 Å². The van der Waals surface area contributed by atoms with Crippen LogP contribution in [0.15, 0.2) is 53.7 Å². The predicted molar refractivity (Wildman–Crippen MR) is 125 cm³/mol. The van der Waals surface area contributed by atoms with E-state index in [0.29, 0.717) is 17.3 Å². The van der Waals surface area contributed by atoms with Gasteiger partial charge in [-0.15, -0.1) is 10.2 Å². The number of benzene rings is 2. The number of para-hydroxylation sites is 1. The molecule has 0 radical (unpaired) electrons. The highest BCUT2D eigenvalue weighted by atomic mass is 32.2. The molecule has 0 saturated carbocycles. The summed E-state index contributed by atoms with van der Waals surface area (Å²) in [5.41, 5.74) is 3.89. The van der Waals surface area contributed by atoms with Crippen LogP contribution in [0.1, 0.15) is 12.0 Å². The third-order valence-corrected chi connectivity index (χ3v) is 6.84. The van der Waals surface area contributed by atoms with E-state index in [4.69, 9.17) is 4.74 Å². The molecule has 3 heterocycles. The number of amides is 1. The molecular weight excluding hydrogens is 430 g/mol. The molecule has 0 saturated heterocycles. The Morgan fingerprint density at radius 2 is 2.06 bits per heavy atom. The van der Waals surface area contributed by atoms with Gasteiger partial charge in [0.05, 0.1) is 22.8 Å². The van der Waals surface area contributed by atoms with Crippen molar-refractivity contribution in [3.05, 3.63) is 54.1 Å². The number of aromatic nitrogens is 4. The Kier molecular flexibility index (Phi) is 5.21. The minimum Gasteiger partial charge on any atom is -0.497 e. The van der Waals surface area contributed by atoms with Crippen molar-refractivity contribution < 1.29 is 9.53 Å². The SMILES string of the molecule is COc1ccc2nc(NC(=O)CCSc3nnc4cc(C)c5ccccc5n34)sc2c1. The minimum atomic E-state index is -0.0759. The summed E-state index contributed by atoms with van der Waals surface area (Å²) in [7, 11) is 1.63. The van der Waals surface area contributed by atoms with Crippen molar-refractivity contribution in [2.24, 2.45) is 0 Å². The second-order valence-corrected chi connectivity index (χ2v) is 9.11. The number of thioether (sulfide) groups is 1. The Morgan fingerprint density at radius 3 is 2.94 bits per heavy atom. The number of rotatable bonds is 6. The van der Waals surface area contributed by atoms with Crippen molar-refractivity contribution in [2.75, 3.05) is 18.2 Å². The molecule has 0 aliphatic carbocycles. The van der Waals surface area contributed by atoms with Gasteiger partial charge in [-0.3, -0.25) is 9.20 Å². The third kappa shape index (κ3) is 3.82. The number of nitrogens with zero attached hydrogens (tertiary/aromatic N) is 4. The second kappa shape index (κ2) is 8.16. The first-order valence-corrected chi connectivity index (χ1v) is 11.5. The number of anilines is 1. The summed E-state index contributed by atoms with van der Waals surface area (Å²) in [6.45, 7) is 2.08. The summed E-state index contributed by atoms with van der Waals surface area (Å²) in [5, 5.41) is 14.1. The number of carbonyl (C=O) groups is 1. The smallest absolute Gasteiger partial charge is 0.226 e. The lowest BCUT2D eigenvalue weighted by Crippen LogP contribution is -2.12. The van der Waals surface area contributed by atoms with E-state index in [1.54, 1.807) is 7.11 Å². The van der Waals surface area contributed by atoms with Crippen LogP contribution in [0, 0.1) is 6.92 Å². The Hall–Kier alpha value is -3.17. The first-order valence-electron chi connectivity index (χ1n) is 9.73. The first-order chi connectivity index (χ1) is 15.1. The van der Waals surface area contributed by atoms with E-state index in [0.717, 1.165) is 32.3 Å². The fourth-order valence-corrected chi connectivity index (χ4v) is 5.27. The van der Waals surface area contributed by atoms with Crippen LogP contribution in [0.25, 0.3) is 26.8 Å². The van der Waals surface area contributed by atoms with Crippen molar-refractivity contribution in [3.8, 4) is 5.75 Å². The maximum Gasteiger partial charge on any atom is 0.226 e. The molecule has 0 aliphatic rings. The van der Waals surface area contributed by atoms with Gasteiger partial charge in [0.2, 0.25) is 5.91 Å². The van der Waals surface area contributed by atoms with Gasteiger partial charge in [-0.1, -0.05) is 41.3 Å². The number of fused-ring (bicyclic) bond motifs is 4. The van der Waals surface area contributed by atoms with Crippen molar-refractivity contribution in [3.63, 3.8) is 0 Å². The van der Waals surface area contributed by atoms with E-state index in [9.17, 15) is 4.79 Å². The molecule has 3 aromatic heterocycles. The van der Waals surface area contributed by atoms with Gasteiger partial charge in [-0.2, -0.15) is 0 Å². The lowest BCUT2D eigenvalue weighted by atomic mass is 10.1. The molecule has 156 valence electrons. The Labute approximate surface area is 186 Å². The molecule has 2 aromatic carbocycles. The maximum atomic E-state index is 12.4. The van der Waals surface area contributed by atoms with Crippen molar-refractivity contribution >= 4 is 60.9 Å². The normalized spacial score (nSPS) is 11.4. The van der Waals surface area contributed by atoms with Crippen molar-refractivity contribution in [1.82, 2.24) is 19.6 Å². The number of ether oxygens (including phenoxy) is 1. The zero-order valence-electron chi connectivity index (χ0n) is 17.0. The molecular formula is C22H19N5O2S2. The molecule has 31 heavy (non-hydrogen) atoms. The molecule has 5 aromatic rings. The van der Waals surface area contributed by atoms with E-state index >= 15 is 0 Å². The van der Waals surface area contributed by atoms with Crippen LogP contribution in [0.3, 0.4) is 0 Å². The molecule has 0 aliphatic heterocycles. The Morgan fingerprint density at radius 1 is 1.19 bits per heavy atom. The first kappa shape index (κ1) is 19.8. The van der Waals surface area contributed by atoms with Crippen molar-refractivity contribution in [2.45, 2.75) is 18.5 Å². The predicted octanol–water partition coefficient (Wildman–Crippen LogP) is 4.93. The van der Waals surface area contributed by atoms with E-state index in [-0.39, 0.29) is 5.91 Å². The molecule has 0 fully saturated rings. The van der Waals surface area contributed by atoms with E-state index < -0.39 is 0 Å². The number of hydrogen-bond acceptors (Lipinski definition) is 7. The van der Waals surface area contributed by atoms with Crippen LogP contribution in [-0.4, -0.2) is 38.4 Å². The number of pyridine rings is 1.